The van der Waals surface area contributed by atoms with Crippen LogP contribution in [0, 0.1) is 5.53 Å². The Kier molecular flexibility index (Phi) is 4.02. The Morgan fingerprint density at radius 2 is 1.72 bits per heavy atom. The fourth-order valence-corrected chi connectivity index (χ4v) is 2.81. The van der Waals surface area contributed by atoms with E-state index in [4.69, 9.17) is 5.53 Å². The molecule has 2 N–H and O–H groups in total. The predicted octanol–water partition coefficient (Wildman–Crippen LogP) is 6.14. The van der Waals surface area contributed by atoms with E-state index < -0.39 is 11.7 Å². The highest BCUT2D eigenvalue weighted by molar-refractivity contribution is 5.96. The van der Waals surface area contributed by atoms with Crippen molar-refractivity contribution in [3.05, 3.63) is 53.6 Å². The van der Waals surface area contributed by atoms with Crippen molar-refractivity contribution < 1.29 is 18.3 Å². The summed E-state index contributed by atoms with van der Waals surface area (Å²) in [5.74, 6) is -0.0543. The quantitative estimate of drug-likeness (QED) is 0.549. The molecular weight excluding hydrogens is 331 g/mol. The summed E-state index contributed by atoms with van der Waals surface area (Å²) >= 11 is 0. The summed E-state index contributed by atoms with van der Waals surface area (Å²) < 4.78 is 40.4. The van der Waals surface area contributed by atoms with E-state index in [-0.39, 0.29) is 22.5 Å². The van der Waals surface area contributed by atoms with E-state index in [9.17, 15) is 18.3 Å². The van der Waals surface area contributed by atoms with Gasteiger partial charge < -0.3 is 5.11 Å². The molecule has 3 rings (SSSR count). The predicted molar refractivity (Wildman–Crippen MR) is 88.8 cm³/mol. The first-order valence-corrected chi connectivity index (χ1v) is 7.66. The van der Waals surface area contributed by atoms with E-state index in [0.717, 1.165) is 17.7 Å². The summed E-state index contributed by atoms with van der Waals surface area (Å²) in [7, 11) is 0. The molecule has 2 aromatic carbocycles. The zero-order valence-corrected chi connectivity index (χ0v) is 13.6. The summed E-state index contributed by atoms with van der Waals surface area (Å²) in [4.78, 5) is 0. The van der Waals surface area contributed by atoms with Crippen LogP contribution in [-0.4, -0.2) is 9.67 Å². The molecule has 0 spiro atoms. The first-order valence-electron chi connectivity index (χ1n) is 7.66. The lowest BCUT2D eigenvalue weighted by Gasteiger charge is -2.11. The van der Waals surface area contributed by atoms with Crippen LogP contribution in [0.2, 0.25) is 0 Å². The second kappa shape index (κ2) is 5.91. The van der Waals surface area contributed by atoms with Crippen molar-refractivity contribution in [1.82, 2.24) is 4.57 Å². The van der Waals surface area contributed by atoms with Gasteiger partial charge in [0.05, 0.1) is 11.1 Å². The number of aromatic hydroxyl groups is 1. The number of hydrogen-bond acceptors (Lipinski definition) is 3. The van der Waals surface area contributed by atoms with Crippen LogP contribution in [0.3, 0.4) is 0 Å². The number of halogens is 3. The van der Waals surface area contributed by atoms with Crippen LogP contribution >= 0.6 is 0 Å². The van der Waals surface area contributed by atoms with Gasteiger partial charge in [-0.2, -0.15) is 18.3 Å². The van der Waals surface area contributed by atoms with Crippen LogP contribution in [0.15, 0.2) is 47.6 Å². The summed E-state index contributed by atoms with van der Waals surface area (Å²) in [6, 6.07) is 10.3. The summed E-state index contributed by atoms with van der Waals surface area (Å²) in [6.45, 7) is 4.06. The summed E-state index contributed by atoms with van der Waals surface area (Å²) in [5, 5.41) is 14.0. The van der Waals surface area contributed by atoms with Gasteiger partial charge in [-0.1, -0.05) is 26.0 Å². The van der Waals surface area contributed by atoms with Gasteiger partial charge in [-0.05, 0) is 41.8 Å². The molecule has 3 aromatic rings. The molecule has 25 heavy (non-hydrogen) atoms. The molecule has 0 aliphatic carbocycles. The third kappa shape index (κ3) is 2.86. The summed E-state index contributed by atoms with van der Waals surface area (Å²) in [5.41, 5.74) is 8.08. The van der Waals surface area contributed by atoms with E-state index in [1.807, 2.05) is 26.0 Å². The number of rotatable bonds is 3. The van der Waals surface area contributed by atoms with E-state index in [1.165, 1.54) is 10.6 Å². The highest BCUT2D eigenvalue weighted by Gasteiger charge is 2.31. The monoisotopic (exact) mass is 347 g/mol. The Hall–Kier alpha value is -2.83. The lowest BCUT2D eigenvalue weighted by Crippen LogP contribution is -2.05. The van der Waals surface area contributed by atoms with E-state index >= 15 is 0 Å². The van der Waals surface area contributed by atoms with Crippen LogP contribution in [0.1, 0.15) is 30.9 Å². The van der Waals surface area contributed by atoms with Gasteiger partial charge in [-0.25, -0.2) is 5.53 Å². The zero-order chi connectivity index (χ0) is 18.4. The average molecular weight is 347 g/mol. The minimum absolute atomic E-state index is 0.0586. The maximum atomic E-state index is 13.0. The first-order chi connectivity index (χ1) is 11.7. The Morgan fingerprint density at radius 3 is 2.24 bits per heavy atom. The van der Waals surface area contributed by atoms with Crippen LogP contribution in [0.25, 0.3) is 16.6 Å². The maximum absolute atomic E-state index is 13.0. The van der Waals surface area contributed by atoms with Crippen molar-refractivity contribution in [3.8, 4) is 11.6 Å². The van der Waals surface area contributed by atoms with Gasteiger partial charge in [0.1, 0.15) is 0 Å². The maximum Gasteiger partial charge on any atom is 0.416 e. The van der Waals surface area contributed by atoms with Crippen molar-refractivity contribution in [3.63, 3.8) is 0 Å². The van der Waals surface area contributed by atoms with Gasteiger partial charge in [-0.15, -0.1) is 0 Å². The molecule has 130 valence electrons. The van der Waals surface area contributed by atoms with Crippen LogP contribution in [0.5, 0.6) is 5.88 Å². The standard InChI is InChI=1S/C18H16F3N3O/c1-10(2)11-3-6-13(7-4-11)24-15-9-12(18(19,20)21)5-8-14(15)16(23-22)17(24)25/h3-10,22,25H,1-2H3. The fourth-order valence-electron chi connectivity index (χ4n) is 2.81. The lowest BCUT2D eigenvalue weighted by atomic mass is 10.0. The number of aromatic nitrogens is 1. The molecule has 0 radical (unpaired) electrons. The number of nitrogens with one attached hydrogen (secondary N) is 1. The van der Waals surface area contributed by atoms with E-state index in [2.05, 4.69) is 5.11 Å². The average Bonchev–Trinajstić information content (AvgIpc) is 2.84. The smallest absolute Gasteiger partial charge is 0.416 e. The molecule has 0 saturated carbocycles. The third-order valence-corrected chi connectivity index (χ3v) is 4.17. The minimum Gasteiger partial charge on any atom is -0.493 e. The number of hydrogen-bond donors (Lipinski definition) is 2. The van der Waals surface area contributed by atoms with Gasteiger partial charge in [0, 0.05) is 11.1 Å². The Labute approximate surface area is 142 Å². The van der Waals surface area contributed by atoms with Crippen molar-refractivity contribution in [2.24, 2.45) is 5.11 Å². The molecule has 1 aromatic heterocycles. The second-order valence-electron chi connectivity index (χ2n) is 6.10. The van der Waals surface area contributed by atoms with Gasteiger partial charge >= 0.3 is 6.18 Å². The molecular formula is C18H16F3N3O. The molecule has 0 fully saturated rings. The molecule has 0 aliphatic heterocycles. The van der Waals surface area contributed by atoms with Gasteiger partial charge in [0.15, 0.2) is 5.69 Å². The molecule has 0 unspecified atom stereocenters. The lowest BCUT2D eigenvalue weighted by molar-refractivity contribution is -0.137. The van der Waals surface area contributed by atoms with Gasteiger partial charge in [-0.3, -0.25) is 4.57 Å². The number of benzene rings is 2. The second-order valence-corrected chi connectivity index (χ2v) is 6.10. The highest BCUT2D eigenvalue weighted by atomic mass is 19.4. The molecule has 1 heterocycles. The van der Waals surface area contributed by atoms with Crippen LogP contribution < -0.4 is 0 Å². The van der Waals surface area contributed by atoms with Crippen LogP contribution in [-0.2, 0) is 6.18 Å². The normalized spacial score (nSPS) is 12.1. The molecule has 7 heteroatoms. The van der Waals surface area contributed by atoms with Crippen LogP contribution in [0.4, 0.5) is 18.9 Å². The minimum atomic E-state index is -4.50. The Bertz CT molecular complexity index is 941. The fraction of sp³-hybridized carbons (Fsp3) is 0.222. The topological polar surface area (TPSA) is 61.4 Å². The van der Waals surface area contributed by atoms with Crippen molar-refractivity contribution in [1.29, 1.82) is 5.53 Å². The molecule has 4 nitrogen and oxygen atoms in total. The van der Waals surface area contributed by atoms with Crippen molar-refractivity contribution in [2.75, 3.05) is 0 Å². The first kappa shape index (κ1) is 17.0. The highest BCUT2D eigenvalue weighted by Crippen LogP contribution is 2.42. The Morgan fingerprint density at radius 1 is 1.08 bits per heavy atom. The van der Waals surface area contributed by atoms with Crippen molar-refractivity contribution >= 4 is 16.6 Å². The molecule has 0 saturated heterocycles. The molecule has 0 amide bonds. The zero-order valence-electron chi connectivity index (χ0n) is 13.6. The number of alkyl halides is 3. The molecule has 0 aliphatic rings. The summed E-state index contributed by atoms with van der Waals surface area (Å²) in [6.07, 6.45) is -4.50. The largest absolute Gasteiger partial charge is 0.493 e. The molecule has 0 atom stereocenters. The van der Waals surface area contributed by atoms with Gasteiger partial charge in [0.2, 0.25) is 5.88 Å². The van der Waals surface area contributed by atoms with E-state index in [0.29, 0.717) is 11.6 Å². The van der Waals surface area contributed by atoms with E-state index in [1.54, 1.807) is 12.1 Å². The number of fused-ring (bicyclic) bond motifs is 1. The van der Waals surface area contributed by atoms with Gasteiger partial charge in [0.25, 0.3) is 0 Å². The molecule has 0 bridgehead atoms. The van der Waals surface area contributed by atoms with Crippen molar-refractivity contribution in [2.45, 2.75) is 25.9 Å². The third-order valence-electron chi connectivity index (χ3n) is 4.17. The Balaban J connectivity index is 2.28. The number of nitrogens with zero attached hydrogens (tertiary/aromatic N) is 2. The SMILES string of the molecule is CC(C)c1ccc(-n2c(O)c(N=N)c3ccc(C(F)(F)F)cc32)cc1.